The van der Waals surface area contributed by atoms with Gasteiger partial charge in [0, 0.05) is 5.71 Å². The highest BCUT2D eigenvalue weighted by molar-refractivity contribution is 5.78. The van der Waals surface area contributed by atoms with Crippen LogP contribution in [0.15, 0.2) is 5.10 Å². The molecule has 3 heteroatoms. The van der Waals surface area contributed by atoms with Gasteiger partial charge in [0.1, 0.15) is 0 Å². The van der Waals surface area contributed by atoms with Crippen molar-refractivity contribution in [1.29, 1.82) is 0 Å². The Bertz CT molecular complexity index is 164. The zero-order valence-electron chi connectivity index (χ0n) is 7.88. The third-order valence-electron chi connectivity index (χ3n) is 2.18. The van der Waals surface area contributed by atoms with E-state index >= 15 is 0 Å². The van der Waals surface area contributed by atoms with E-state index in [0.717, 1.165) is 25.0 Å². The van der Waals surface area contributed by atoms with Crippen LogP contribution in [0, 0.1) is 0 Å². The SMILES string of the molecule is CC(C)=NNC1CCCCC1O. The maximum absolute atomic E-state index is 9.55. The number of aliphatic hydroxyl groups is 1. The van der Waals surface area contributed by atoms with E-state index in [2.05, 4.69) is 10.5 Å². The fraction of sp³-hybridized carbons (Fsp3) is 0.889. The molecule has 1 aliphatic rings. The van der Waals surface area contributed by atoms with Gasteiger partial charge in [0.05, 0.1) is 12.1 Å². The van der Waals surface area contributed by atoms with Crippen LogP contribution in [-0.2, 0) is 0 Å². The molecule has 1 rings (SSSR count). The highest BCUT2D eigenvalue weighted by Crippen LogP contribution is 2.18. The molecule has 0 heterocycles. The standard InChI is InChI=1S/C9H18N2O/c1-7(2)10-11-8-5-3-4-6-9(8)12/h8-9,11-12H,3-6H2,1-2H3. The molecule has 12 heavy (non-hydrogen) atoms. The van der Waals surface area contributed by atoms with Crippen molar-refractivity contribution in [2.45, 2.75) is 51.7 Å². The van der Waals surface area contributed by atoms with Gasteiger partial charge in [0.25, 0.3) is 0 Å². The van der Waals surface area contributed by atoms with Gasteiger partial charge < -0.3 is 10.5 Å². The highest BCUT2D eigenvalue weighted by atomic mass is 16.3. The summed E-state index contributed by atoms with van der Waals surface area (Å²) in [4.78, 5) is 0. The first-order valence-electron chi connectivity index (χ1n) is 4.64. The zero-order chi connectivity index (χ0) is 8.97. The summed E-state index contributed by atoms with van der Waals surface area (Å²) >= 11 is 0. The van der Waals surface area contributed by atoms with Crippen molar-refractivity contribution in [2.24, 2.45) is 5.10 Å². The molecule has 0 bridgehead atoms. The number of nitrogens with zero attached hydrogens (tertiary/aromatic N) is 1. The summed E-state index contributed by atoms with van der Waals surface area (Å²) in [6, 6.07) is 0.175. The molecule has 1 fully saturated rings. The lowest BCUT2D eigenvalue weighted by molar-refractivity contribution is 0.0917. The van der Waals surface area contributed by atoms with Gasteiger partial charge in [0.2, 0.25) is 0 Å². The maximum atomic E-state index is 9.55. The molecule has 2 atom stereocenters. The average molecular weight is 170 g/mol. The maximum Gasteiger partial charge on any atom is 0.0757 e. The summed E-state index contributed by atoms with van der Waals surface area (Å²) in [6.07, 6.45) is 4.09. The fourth-order valence-electron chi connectivity index (χ4n) is 1.47. The van der Waals surface area contributed by atoms with Crippen LogP contribution in [0.2, 0.25) is 0 Å². The van der Waals surface area contributed by atoms with Crippen LogP contribution in [0.1, 0.15) is 39.5 Å². The minimum absolute atomic E-state index is 0.175. The van der Waals surface area contributed by atoms with Crippen molar-refractivity contribution in [3.8, 4) is 0 Å². The Balaban J connectivity index is 2.34. The molecule has 0 saturated heterocycles. The summed E-state index contributed by atoms with van der Waals surface area (Å²) in [5, 5.41) is 13.7. The summed E-state index contributed by atoms with van der Waals surface area (Å²) in [7, 11) is 0. The monoisotopic (exact) mass is 170 g/mol. The minimum atomic E-state index is -0.207. The third-order valence-corrected chi connectivity index (χ3v) is 2.18. The van der Waals surface area contributed by atoms with Crippen molar-refractivity contribution < 1.29 is 5.11 Å². The molecule has 1 aliphatic carbocycles. The Kier molecular flexibility index (Phi) is 3.53. The number of hydrazone groups is 1. The Morgan fingerprint density at radius 2 is 2.00 bits per heavy atom. The normalized spacial score (nSPS) is 29.6. The predicted molar refractivity (Wildman–Crippen MR) is 50.2 cm³/mol. The summed E-state index contributed by atoms with van der Waals surface area (Å²) < 4.78 is 0. The van der Waals surface area contributed by atoms with Gasteiger partial charge in [-0.2, -0.15) is 5.10 Å². The van der Waals surface area contributed by atoms with Crippen LogP contribution in [0.3, 0.4) is 0 Å². The Labute approximate surface area is 73.9 Å². The smallest absolute Gasteiger partial charge is 0.0757 e. The van der Waals surface area contributed by atoms with Gasteiger partial charge in [-0.05, 0) is 26.7 Å². The number of hydrogen-bond acceptors (Lipinski definition) is 3. The average Bonchev–Trinajstić information content (AvgIpc) is 2.03. The number of aliphatic hydroxyl groups excluding tert-OH is 1. The summed E-state index contributed by atoms with van der Waals surface area (Å²) in [6.45, 7) is 3.89. The van der Waals surface area contributed by atoms with Crippen molar-refractivity contribution >= 4 is 5.71 Å². The first-order chi connectivity index (χ1) is 5.70. The van der Waals surface area contributed by atoms with Gasteiger partial charge in [-0.3, -0.25) is 0 Å². The lowest BCUT2D eigenvalue weighted by Gasteiger charge is -2.27. The molecule has 3 nitrogen and oxygen atoms in total. The molecule has 0 amide bonds. The van der Waals surface area contributed by atoms with E-state index in [1.54, 1.807) is 0 Å². The summed E-state index contributed by atoms with van der Waals surface area (Å²) in [5.41, 5.74) is 4.02. The van der Waals surface area contributed by atoms with E-state index in [1.807, 2.05) is 13.8 Å². The lowest BCUT2D eigenvalue weighted by atomic mass is 9.93. The molecular weight excluding hydrogens is 152 g/mol. The Morgan fingerprint density at radius 3 is 2.58 bits per heavy atom. The van der Waals surface area contributed by atoms with Crippen LogP contribution in [0.25, 0.3) is 0 Å². The van der Waals surface area contributed by atoms with Crippen LogP contribution in [0.4, 0.5) is 0 Å². The van der Waals surface area contributed by atoms with E-state index in [-0.39, 0.29) is 12.1 Å². The minimum Gasteiger partial charge on any atom is -0.391 e. The predicted octanol–water partition coefficient (Wildman–Crippen LogP) is 1.28. The molecule has 0 aromatic rings. The van der Waals surface area contributed by atoms with Gasteiger partial charge in [-0.1, -0.05) is 12.8 Å². The van der Waals surface area contributed by atoms with Gasteiger partial charge in [0.15, 0.2) is 0 Å². The van der Waals surface area contributed by atoms with Crippen LogP contribution in [0.5, 0.6) is 0 Å². The molecule has 0 radical (unpaired) electrons. The second-order valence-corrected chi connectivity index (χ2v) is 3.65. The first kappa shape index (κ1) is 9.52. The molecular formula is C9H18N2O. The Hall–Kier alpha value is -0.570. The molecule has 1 saturated carbocycles. The van der Waals surface area contributed by atoms with Crippen LogP contribution < -0.4 is 5.43 Å². The lowest BCUT2D eigenvalue weighted by Crippen LogP contribution is -2.39. The molecule has 0 aromatic carbocycles. The number of nitrogens with one attached hydrogen (secondary N) is 1. The van der Waals surface area contributed by atoms with Crippen molar-refractivity contribution in [3.05, 3.63) is 0 Å². The topological polar surface area (TPSA) is 44.6 Å². The van der Waals surface area contributed by atoms with Gasteiger partial charge in [-0.15, -0.1) is 0 Å². The summed E-state index contributed by atoms with van der Waals surface area (Å²) in [5.74, 6) is 0. The van der Waals surface area contributed by atoms with E-state index in [0.29, 0.717) is 0 Å². The molecule has 2 unspecified atom stereocenters. The van der Waals surface area contributed by atoms with E-state index in [4.69, 9.17) is 0 Å². The molecule has 0 spiro atoms. The quantitative estimate of drug-likeness (QED) is 0.484. The fourth-order valence-corrected chi connectivity index (χ4v) is 1.47. The molecule has 0 aromatic heterocycles. The van der Waals surface area contributed by atoms with E-state index < -0.39 is 0 Å². The zero-order valence-corrected chi connectivity index (χ0v) is 7.88. The van der Waals surface area contributed by atoms with Crippen molar-refractivity contribution in [1.82, 2.24) is 5.43 Å². The van der Waals surface area contributed by atoms with Crippen molar-refractivity contribution in [3.63, 3.8) is 0 Å². The molecule has 70 valence electrons. The largest absolute Gasteiger partial charge is 0.391 e. The van der Waals surface area contributed by atoms with Crippen LogP contribution in [-0.4, -0.2) is 23.0 Å². The van der Waals surface area contributed by atoms with E-state index in [1.165, 1.54) is 6.42 Å². The third kappa shape index (κ3) is 2.81. The Morgan fingerprint density at radius 1 is 1.33 bits per heavy atom. The molecule has 2 N–H and O–H groups in total. The second kappa shape index (κ2) is 4.45. The first-order valence-corrected chi connectivity index (χ1v) is 4.64. The van der Waals surface area contributed by atoms with Gasteiger partial charge in [-0.25, -0.2) is 0 Å². The molecule has 0 aliphatic heterocycles. The number of hydrogen-bond donors (Lipinski definition) is 2. The van der Waals surface area contributed by atoms with Crippen molar-refractivity contribution in [2.75, 3.05) is 0 Å². The van der Waals surface area contributed by atoms with Gasteiger partial charge >= 0.3 is 0 Å². The van der Waals surface area contributed by atoms with Crippen LogP contribution >= 0.6 is 0 Å². The second-order valence-electron chi connectivity index (χ2n) is 3.65. The van der Waals surface area contributed by atoms with E-state index in [9.17, 15) is 5.11 Å². The highest BCUT2D eigenvalue weighted by Gasteiger charge is 2.21. The number of rotatable bonds is 2.